The van der Waals surface area contributed by atoms with E-state index in [0.717, 1.165) is 25.9 Å². The average molecular weight is 577 g/mol. The van der Waals surface area contributed by atoms with Crippen LogP contribution >= 0.6 is 0 Å². The van der Waals surface area contributed by atoms with E-state index in [1.165, 1.54) is 24.1 Å². The van der Waals surface area contributed by atoms with Crippen LogP contribution in [0.4, 0.5) is 11.5 Å². The molecular weight excluding hydrogens is 548 g/mol. The number of anilines is 1. The first-order valence-electron chi connectivity index (χ1n) is 13.0. The van der Waals surface area contributed by atoms with E-state index in [-0.39, 0.29) is 29.6 Å². The maximum absolute atomic E-state index is 13.3. The summed E-state index contributed by atoms with van der Waals surface area (Å²) >= 11 is 0. The van der Waals surface area contributed by atoms with Gasteiger partial charge in [0.1, 0.15) is 23.8 Å². The number of nitrogens with one attached hydrogen (secondary N) is 1. The van der Waals surface area contributed by atoms with E-state index in [1.54, 1.807) is 37.3 Å². The molecule has 4 aromatic rings. The predicted octanol–water partition coefficient (Wildman–Crippen LogP) is 2.40. The molecule has 0 spiro atoms. The van der Waals surface area contributed by atoms with Gasteiger partial charge >= 0.3 is 0 Å². The van der Waals surface area contributed by atoms with Crippen LogP contribution in [0.1, 0.15) is 45.7 Å². The van der Waals surface area contributed by atoms with Crippen LogP contribution in [0.5, 0.6) is 11.5 Å². The molecule has 1 aliphatic heterocycles. The second-order valence-corrected chi connectivity index (χ2v) is 9.52. The van der Waals surface area contributed by atoms with E-state index >= 15 is 0 Å². The molecule has 3 N–H and O–H groups in total. The molecule has 3 heterocycles. The molecule has 1 amide bonds. The average Bonchev–Trinajstić information content (AvgIpc) is 3.73. The minimum atomic E-state index is -0.571. The lowest BCUT2D eigenvalue weighted by Crippen LogP contribution is -2.26. The van der Waals surface area contributed by atoms with Crippen LogP contribution in [0.3, 0.4) is 0 Å². The molecule has 1 saturated heterocycles. The molecule has 0 saturated carbocycles. The van der Waals surface area contributed by atoms with Crippen molar-refractivity contribution in [3.8, 4) is 17.3 Å². The Bertz CT molecular complexity index is 1630. The number of aryl methyl sites for hydroxylation is 1. The summed E-state index contributed by atoms with van der Waals surface area (Å²) in [6, 6.07) is 9.85. The van der Waals surface area contributed by atoms with Crippen molar-refractivity contribution in [2.75, 3.05) is 25.9 Å². The van der Waals surface area contributed by atoms with Gasteiger partial charge < -0.3 is 15.2 Å². The zero-order valence-corrected chi connectivity index (χ0v) is 22.9. The number of hydrogen-bond acceptors (Lipinski definition) is 13. The van der Waals surface area contributed by atoms with Crippen LogP contribution in [-0.4, -0.2) is 67.5 Å². The Morgan fingerprint density at radius 3 is 2.74 bits per heavy atom. The van der Waals surface area contributed by atoms with E-state index in [2.05, 4.69) is 40.7 Å². The minimum Gasteiger partial charge on any atom is -0.496 e. The summed E-state index contributed by atoms with van der Waals surface area (Å²) in [5, 5.41) is 30.8. The largest absolute Gasteiger partial charge is 0.496 e. The number of rotatable bonds is 11. The Labute approximate surface area is 239 Å². The number of likely N-dealkylation sites (tertiary alicyclic amines) is 1. The standard InChI is InChI=1S/C26H28N10O6/c1-16-11-19(6-7-21(16)36(38)39)41-15-18-12-17(5-8-22(18)40-2)13-28-30-26(37)23-20(14-34-9-3-4-10-34)29-33-35(23)25-24(27)31-42-32-25/h5-8,11-13H,3-4,9-10,14-15H2,1-2H3,(H2,27,31)(H,30,37)/b28-13+. The van der Waals surface area contributed by atoms with Crippen molar-refractivity contribution in [1.82, 2.24) is 35.6 Å². The summed E-state index contributed by atoms with van der Waals surface area (Å²) in [6.45, 7) is 3.99. The van der Waals surface area contributed by atoms with Gasteiger partial charge in [0.15, 0.2) is 5.69 Å². The van der Waals surface area contributed by atoms with Gasteiger partial charge in [0, 0.05) is 23.7 Å². The molecule has 1 fully saturated rings. The van der Waals surface area contributed by atoms with Crippen molar-refractivity contribution in [2.24, 2.45) is 5.10 Å². The minimum absolute atomic E-state index is 0.0170. The fourth-order valence-electron chi connectivity index (χ4n) is 4.58. The first-order valence-corrected chi connectivity index (χ1v) is 13.0. The Kier molecular flexibility index (Phi) is 8.33. The van der Waals surface area contributed by atoms with Crippen molar-refractivity contribution < 1.29 is 23.8 Å². The van der Waals surface area contributed by atoms with E-state index in [9.17, 15) is 14.9 Å². The molecule has 2 aromatic heterocycles. The van der Waals surface area contributed by atoms with Gasteiger partial charge in [-0.1, -0.05) is 5.21 Å². The number of amides is 1. The Morgan fingerprint density at radius 2 is 2.05 bits per heavy atom. The summed E-state index contributed by atoms with van der Waals surface area (Å²) in [6.07, 6.45) is 3.61. The number of carbonyl (C=O) groups is 1. The van der Waals surface area contributed by atoms with Gasteiger partial charge in [0.25, 0.3) is 11.6 Å². The van der Waals surface area contributed by atoms with Crippen molar-refractivity contribution in [2.45, 2.75) is 32.9 Å². The second kappa shape index (κ2) is 12.4. The summed E-state index contributed by atoms with van der Waals surface area (Å²) in [7, 11) is 1.54. The topological polar surface area (TPSA) is 202 Å². The normalized spacial score (nSPS) is 13.5. The molecule has 16 heteroatoms. The highest BCUT2D eigenvalue weighted by molar-refractivity contribution is 5.95. The molecule has 5 rings (SSSR count). The van der Waals surface area contributed by atoms with Gasteiger partial charge in [-0.05, 0) is 79.1 Å². The van der Waals surface area contributed by atoms with Crippen molar-refractivity contribution in [1.29, 1.82) is 0 Å². The lowest BCUT2D eigenvalue weighted by atomic mass is 10.1. The maximum atomic E-state index is 13.3. The van der Waals surface area contributed by atoms with Crippen molar-refractivity contribution >= 4 is 23.6 Å². The molecule has 42 heavy (non-hydrogen) atoms. The highest BCUT2D eigenvalue weighted by Gasteiger charge is 2.27. The van der Waals surface area contributed by atoms with Gasteiger partial charge in [-0.15, -0.1) is 5.10 Å². The third-order valence-corrected chi connectivity index (χ3v) is 6.67. The molecule has 0 atom stereocenters. The SMILES string of the molecule is COc1ccc(/C=N/NC(=O)c2c(CN3CCCC3)nnn2-c2nonc2N)cc1COc1ccc([N+](=O)[O-])c(C)c1. The van der Waals surface area contributed by atoms with Gasteiger partial charge in [-0.25, -0.2) is 10.1 Å². The summed E-state index contributed by atoms with van der Waals surface area (Å²) in [5.41, 5.74) is 10.8. The van der Waals surface area contributed by atoms with Crippen molar-refractivity contribution in [3.05, 3.63) is 74.6 Å². The lowest BCUT2D eigenvalue weighted by Gasteiger charge is -2.13. The highest BCUT2D eigenvalue weighted by Crippen LogP contribution is 2.26. The third kappa shape index (κ3) is 6.17. The second-order valence-electron chi connectivity index (χ2n) is 9.52. The number of nitro groups is 1. The number of nitro benzene ring substituents is 1. The van der Waals surface area contributed by atoms with Gasteiger partial charge in [-0.2, -0.15) is 9.78 Å². The highest BCUT2D eigenvalue weighted by atomic mass is 16.6. The number of methoxy groups -OCH3 is 1. The molecule has 1 aliphatic rings. The van der Waals surface area contributed by atoms with E-state index in [4.69, 9.17) is 15.2 Å². The molecule has 0 bridgehead atoms. The first-order chi connectivity index (χ1) is 20.3. The number of benzene rings is 2. The predicted molar refractivity (Wildman–Crippen MR) is 148 cm³/mol. The number of aromatic nitrogens is 5. The summed E-state index contributed by atoms with van der Waals surface area (Å²) < 4.78 is 17.2. The number of carbonyl (C=O) groups excluding carboxylic acids is 1. The number of nitrogens with zero attached hydrogens (tertiary/aromatic N) is 8. The number of nitrogen functional groups attached to an aromatic ring is 1. The quantitative estimate of drug-likeness (QED) is 0.150. The van der Waals surface area contributed by atoms with Crippen LogP contribution < -0.4 is 20.6 Å². The molecule has 0 unspecified atom stereocenters. The molecule has 0 radical (unpaired) electrons. The number of hydrazone groups is 1. The smallest absolute Gasteiger partial charge is 0.292 e. The zero-order chi connectivity index (χ0) is 29.6. The van der Waals surface area contributed by atoms with E-state index in [0.29, 0.717) is 40.4 Å². The maximum Gasteiger partial charge on any atom is 0.292 e. The van der Waals surface area contributed by atoms with Crippen LogP contribution in [0.2, 0.25) is 0 Å². The molecule has 2 aromatic carbocycles. The fourth-order valence-corrected chi connectivity index (χ4v) is 4.58. The molecule has 0 aliphatic carbocycles. The first kappa shape index (κ1) is 28.2. The van der Waals surface area contributed by atoms with Gasteiger partial charge in [0.2, 0.25) is 11.6 Å². The lowest BCUT2D eigenvalue weighted by molar-refractivity contribution is -0.385. The Balaban J connectivity index is 1.31. The number of ether oxygens (including phenoxy) is 2. The fraction of sp³-hybridized carbons (Fsp3) is 0.308. The molecular formula is C26H28N10O6. The molecule has 218 valence electrons. The Hall–Kier alpha value is -5.38. The van der Waals surface area contributed by atoms with Crippen LogP contribution in [0.15, 0.2) is 46.1 Å². The number of hydrogen-bond donors (Lipinski definition) is 2. The summed E-state index contributed by atoms with van der Waals surface area (Å²) in [4.78, 5) is 26.1. The Morgan fingerprint density at radius 1 is 1.24 bits per heavy atom. The van der Waals surface area contributed by atoms with E-state index < -0.39 is 10.8 Å². The van der Waals surface area contributed by atoms with Crippen LogP contribution in [0, 0.1) is 17.0 Å². The number of nitrogens with two attached hydrogens (primary N) is 1. The molecule has 16 nitrogen and oxygen atoms in total. The van der Waals surface area contributed by atoms with Gasteiger partial charge in [-0.3, -0.25) is 19.8 Å². The zero-order valence-electron chi connectivity index (χ0n) is 22.9. The van der Waals surface area contributed by atoms with E-state index in [1.807, 2.05) is 0 Å². The van der Waals surface area contributed by atoms with Crippen molar-refractivity contribution in [3.63, 3.8) is 0 Å². The van der Waals surface area contributed by atoms with Crippen LogP contribution in [0.25, 0.3) is 5.82 Å². The monoisotopic (exact) mass is 576 g/mol. The van der Waals surface area contributed by atoms with Crippen LogP contribution in [-0.2, 0) is 13.2 Å². The van der Waals surface area contributed by atoms with Gasteiger partial charge in [0.05, 0.1) is 18.2 Å². The third-order valence-electron chi connectivity index (χ3n) is 6.67. The summed E-state index contributed by atoms with van der Waals surface area (Å²) in [5.74, 6) is 0.493.